The predicted octanol–water partition coefficient (Wildman–Crippen LogP) is 2.15. The predicted molar refractivity (Wildman–Crippen MR) is 69.4 cm³/mol. The fourth-order valence-corrected chi connectivity index (χ4v) is 1.53. The largest absolute Gasteiger partial charge is 0.370 e. The quantitative estimate of drug-likeness (QED) is 0.625. The summed E-state index contributed by atoms with van der Waals surface area (Å²) in [6.07, 6.45) is 0. The molecule has 1 rings (SSSR count). The van der Waals surface area contributed by atoms with Crippen molar-refractivity contribution < 1.29 is 0 Å². The van der Waals surface area contributed by atoms with Gasteiger partial charge in [-0.15, -0.1) is 0 Å². The van der Waals surface area contributed by atoms with Gasteiger partial charge in [0.05, 0.1) is 0 Å². The SMILES string of the molecule is Cc1cccc(CN(C)C(N)=NC(C)C)c1. The molecule has 0 fully saturated rings. The minimum Gasteiger partial charge on any atom is -0.370 e. The van der Waals surface area contributed by atoms with Gasteiger partial charge in [-0.25, -0.2) is 0 Å². The number of aryl methyl sites for hydroxylation is 1. The molecule has 0 aliphatic heterocycles. The maximum atomic E-state index is 5.88. The van der Waals surface area contributed by atoms with Gasteiger partial charge in [-0.2, -0.15) is 0 Å². The second-order valence-corrected chi connectivity index (χ2v) is 4.43. The van der Waals surface area contributed by atoms with Gasteiger partial charge in [-0.3, -0.25) is 4.99 Å². The van der Waals surface area contributed by atoms with E-state index in [1.807, 2.05) is 25.8 Å². The van der Waals surface area contributed by atoms with Crippen LogP contribution in [0.3, 0.4) is 0 Å². The summed E-state index contributed by atoms with van der Waals surface area (Å²) in [5.41, 5.74) is 8.40. The fraction of sp³-hybridized carbons (Fsp3) is 0.462. The molecule has 0 amide bonds. The van der Waals surface area contributed by atoms with Crippen LogP contribution in [0.4, 0.5) is 0 Å². The number of hydrogen-bond donors (Lipinski definition) is 1. The Morgan fingerprint density at radius 3 is 2.69 bits per heavy atom. The van der Waals surface area contributed by atoms with Crippen LogP contribution in [0.15, 0.2) is 29.3 Å². The van der Waals surface area contributed by atoms with E-state index in [0.29, 0.717) is 5.96 Å². The zero-order valence-corrected chi connectivity index (χ0v) is 10.6. The average Bonchev–Trinajstić information content (AvgIpc) is 2.16. The van der Waals surface area contributed by atoms with Crippen molar-refractivity contribution in [3.63, 3.8) is 0 Å². The van der Waals surface area contributed by atoms with Crippen LogP contribution in [0.25, 0.3) is 0 Å². The molecule has 0 aliphatic rings. The highest BCUT2D eigenvalue weighted by Gasteiger charge is 2.03. The monoisotopic (exact) mass is 219 g/mol. The van der Waals surface area contributed by atoms with E-state index in [-0.39, 0.29) is 6.04 Å². The highest BCUT2D eigenvalue weighted by molar-refractivity contribution is 5.77. The van der Waals surface area contributed by atoms with E-state index in [4.69, 9.17) is 5.73 Å². The van der Waals surface area contributed by atoms with Crippen molar-refractivity contribution in [1.82, 2.24) is 4.90 Å². The van der Waals surface area contributed by atoms with Gasteiger partial charge in [0.25, 0.3) is 0 Å². The zero-order valence-electron chi connectivity index (χ0n) is 10.6. The Morgan fingerprint density at radius 1 is 1.44 bits per heavy atom. The van der Waals surface area contributed by atoms with Crippen molar-refractivity contribution in [1.29, 1.82) is 0 Å². The molecule has 0 unspecified atom stereocenters. The number of guanidine groups is 1. The molecule has 0 saturated heterocycles. The summed E-state index contributed by atoms with van der Waals surface area (Å²) in [4.78, 5) is 6.28. The summed E-state index contributed by atoms with van der Waals surface area (Å²) in [5, 5.41) is 0. The Kier molecular flexibility index (Phi) is 4.35. The second kappa shape index (κ2) is 5.54. The highest BCUT2D eigenvalue weighted by atomic mass is 15.2. The van der Waals surface area contributed by atoms with E-state index in [1.54, 1.807) is 0 Å². The van der Waals surface area contributed by atoms with E-state index >= 15 is 0 Å². The molecule has 0 saturated carbocycles. The molecule has 0 atom stereocenters. The van der Waals surface area contributed by atoms with Crippen LogP contribution in [0.5, 0.6) is 0 Å². The van der Waals surface area contributed by atoms with Crippen LogP contribution in [0, 0.1) is 6.92 Å². The molecule has 0 spiro atoms. The maximum absolute atomic E-state index is 5.88. The van der Waals surface area contributed by atoms with Gasteiger partial charge >= 0.3 is 0 Å². The first-order valence-electron chi connectivity index (χ1n) is 5.59. The standard InChI is InChI=1S/C13H21N3/c1-10(2)15-13(14)16(4)9-12-7-5-6-11(3)8-12/h5-8,10H,9H2,1-4H3,(H2,14,15). The Balaban J connectivity index is 2.67. The lowest BCUT2D eigenvalue weighted by Crippen LogP contribution is -2.34. The van der Waals surface area contributed by atoms with Crippen molar-refractivity contribution in [3.05, 3.63) is 35.4 Å². The molecule has 1 aromatic rings. The summed E-state index contributed by atoms with van der Waals surface area (Å²) < 4.78 is 0. The molecule has 0 aromatic heterocycles. The zero-order chi connectivity index (χ0) is 12.1. The number of hydrogen-bond acceptors (Lipinski definition) is 1. The summed E-state index contributed by atoms with van der Waals surface area (Å²) >= 11 is 0. The highest BCUT2D eigenvalue weighted by Crippen LogP contribution is 2.06. The van der Waals surface area contributed by atoms with E-state index in [9.17, 15) is 0 Å². The molecular formula is C13H21N3. The topological polar surface area (TPSA) is 41.6 Å². The molecule has 88 valence electrons. The second-order valence-electron chi connectivity index (χ2n) is 4.43. The molecule has 16 heavy (non-hydrogen) atoms. The lowest BCUT2D eigenvalue weighted by Gasteiger charge is -2.19. The minimum absolute atomic E-state index is 0.236. The van der Waals surface area contributed by atoms with Crippen LogP contribution < -0.4 is 5.73 Å². The van der Waals surface area contributed by atoms with Crippen molar-refractivity contribution in [2.45, 2.75) is 33.4 Å². The average molecular weight is 219 g/mol. The normalized spacial score (nSPS) is 11.9. The first kappa shape index (κ1) is 12.6. The Hall–Kier alpha value is -1.51. The number of rotatable bonds is 3. The molecular weight excluding hydrogens is 198 g/mol. The number of nitrogens with two attached hydrogens (primary N) is 1. The molecule has 3 nitrogen and oxygen atoms in total. The number of aliphatic imine (C=N–C) groups is 1. The van der Waals surface area contributed by atoms with Crippen LogP contribution in [-0.4, -0.2) is 23.9 Å². The Bertz CT molecular complexity index is 369. The number of nitrogens with zero attached hydrogens (tertiary/aromatic N) is 2. The van der Waals surface area contributed by atoms with E-state index in [2.05, 4.69) is 36.2 Å². The van der Waals surface area contributed by atoms with Gasteiger partial charge in [0.15, 0.2) is 5.96 Å². The molecule has 0 heterocycles. The van der Waals surface area contributed by atoms with Crippen LogP contribution in [0.2, 0.25) is 0 Å². The van der Waals surface area contributed by atoms with Crippen molar-refractivity contribution >= 4 is 5.96 Å². The third-order valence-corrected chi connectivity index (χ3v) is 2.28. The van der Waals surface area contributed by atoms with Gasteiger partial charge in [0, 0.05) is 19.6 Å². The van der Waals surface area contributed by atoms with Crippen LogP contribution >= 0.6 is 0 Å². The van der Waals surface area contributed by atoms with Crippen molar-refractivity contribution in [2.75, 3.05) is 7.05 Å². The van der Waals surface area contributed by atoms with Crippen LogP contribution in [0.1, 0.15) is 25.0 Å². The molecule has 2 N–H and O–H groups in total. The smallest absolute Gasteiger partial charge is 0.191 e. The fourth-order valence-electron chi connectivity index (χ4n) is 1.53. The molecule has 0 aliphatic carbocycles. The molecule has 1 aromatic carbocycles. The van der Waals surface area contributed by atoms with E-state index in [1.165, 1.54) is 11.1 Å². The summed E-state index contributed by atoms with van der Waals surface area (Å²) in [6.45, 7) is 6.93. The van der Waals surface area contributed by atoms with Gasteiger partial charge in [-0.05, 0) is 26.3 Å². The molecule has 0 radical (unpaired) electrons. The van der Waals surface area contributed by atoms with Gasteiger partial charge in [0.1, 0.15) is 0 Å². The third kappa shape index (κ3) is 3.93. The summed E-state index contributed by atoms with van der Waals surface area (Å²) in [7, 11) is 1.96. The number of benzene rings is 1. The minimum atomic E-state index is 0.236. The first-order valence-corrected chi connectivity index (χ1v) is 5.59. The maximum Gasteiger partial charge on any atom is 0.191 e. The third-order valence-electron chi connectivity index (χ3n) is 2.28. The lowest BCUT2D eigenvalue weighted by atomic mass is 10.1. The Labute approximate surface area is 98.0 Å². The van der Waals surface area contributed by atoms with E-state index in [0.717, 1.165) is 6.54 Å². The van der Waals surface area contributed by atoms with Gasteiger partial charge in [0.2, 0.25) is 0 Å². The first-order chi connectivity index (χ1) is 7.49. The van der Waals surface area contributed by atoms with Gasteiger partial charge < -0.3 is 10.6 Å². The van der Waals surface area contributed by atoms with Gasteiger partial charge in [-0.1, -0.05) is 29.8 Å². The molecule has 3 heteroatoms. The van der Waals surface area contributed by atoms with Crippen LogP contribution in [-0.2, 0) is 6.54 Å². The Morgan fingerprint density at radius 2 is 2.12 bits per heavy atom. The molecule has 0 bridgehead atoms. The van der Waals surface area contributed by atoms with E-state index < -0.39 is 0 Å². The van der Waals surface area contributed by atoms with Crippen molar-refractivity contribution in [2.24, 2.45) is 10.7 Å². The van der Waals surface area contributed by atoms with Crippen molar-refractivity contribution in [3.8, 4) is 0 Å². The summed E-state index contributed by atoms with van der Waals surface area (Å²) in [6, 6.07) is 8.66. The lowest BCUT2D eigenvalue weighted by molar-refractivity contribution is 0.489. The summed E-state index contributed by atoms with van der Waals surface area (Å²) in [5.74, 6) is 0.594.